The number of Topliss-reactive ketones (excluding diaryl/α,β-unsaturated/α-hetero) is 1. The van der Waals surface area contributed by atoms with Gasteiger partial charge in [0.2, 0.25) is 10.0 Å². The monoisotopic (exact) mass is 633 g/mol. The Morgan fingerprint density at radius 3 is 2.10 bits per heavy atom. The lowest BCUT2D eigenvalue weighted by Gasteiger charge is -2.29. The number of carbonyl (C=O) groups excluding carboxylic acids is 2. The highest BCUT2D eigenvalue weighted by Crippen LogP contribution is 2.40. The molecule has 0 aromatic heterocycles. The first kappa shape index (κ1) is 28.9. The van der Waals surface area contributed by atoms with E-state index >= 15 is 0 Å². The fourth-order valence-corrected chi connectivity index (χ4v) is 6.94. The molecule has 0 saturated carbocycles. The fourth-order valence-electron chi connectivity index (χ4n) is 5.27. The van der Waals surface area contributed by atoms with Gasteiger partial charge in [0, 0.05) is 49.3 Å². The number of sulfonamides is 1. The Hall–Kier alpha value is -2.61. The van der Waals surface area contributed by atoms with E-state index in [0.717, 1.165) is 24.1 Å². The topological polar surface area (TPSA) is 117 Å². The van der Waals surface area contributed by atoms with Gasteiger partial charge in [-0.2, -0.15) is 4.31 Å². The van der Waals surface area contributed by atoms with Crippen molar-refractivity contribution in [3.63, 3.8) is 0 Å². The maximum absolute atomic E-state index is 13.3. The molecule has 0 radical (unpaired) electrons. The number of hydrogen-bond donors (Lipinski definition) is 1. The van der Waals surface area contributed by atoms with Crippen molar-refractivity contribution in [2.45, 2.75) is 17.4 Å². The first-order chi connectivity index (χ1) is 19.3. The van der Waals surface area contributed by atoms with Crippen LogP contribution in [0.3, 0.4) is 0 Å². The molecule has 214 valence electrons. The molecule has 2 aromatic rings. The molecule has 12 heteroatoms. The predicted molar refractivity (Wildman–Crippen MR) is 151 cm³/mol. The van der Waals surface area contributed by atoms with E-state index in [1.807, 2.05) is 24.3 Å². The first-order valence-corrected chi connectivity index (χ1v) is 15.5. The molecular formula is C28H32BrN3O7S. The Labute approximate surface area is 242 Å². The molecule has 1 atom stereocenters. The van der Waals surface area contributed by atoms with Crippen LogP contribution in [0.5, 0.6) is 0 Å². The van der Waals surface area contributed by atoms with E-state index in [-0.39, 0.29) is 34.9 Å². The second-order valence-corrected chi connectivity index (χ2v) is 12.7. The first-order valence-electron chi connectivity index (χ1n) is 13.3. The van der Waals surface area contributed by atoms with Gasteiger partial charge in [-0.05, 0) is 48.4 Å². The molecule has 0 aliphatic carbocycles. The van der Waals surface area contributed by atoms with Crippen molar-refractivity contribution < 1.29 is 32.6 Å². The Balaban J connectivity index is 1.44. The Kier molecular flexibility index (Phi) is 9.03. The zero-order chi connectivity index (χ0) is 28.3. The number of nitrogens with zero attached hydrogens (tertiary/aromatic N) is 3. The molecule has 40 heavy (non-hydrogen) atoms. The minimum atomic E-state index is -3.72. The maximum Gasteiger partial charge on any atom is 0.295 e. The predicted octanol–water partition coefficient (Wildman–Crippen LogP) is 2.61. The molecule has 3 aliphatic rings. The lowest BCUT2D eigenvalue weighted by molar-refractivity contribution is -0.140. The molecule has 3 fully saturated rings. The summed E-state index contributed by atoms with van der Waals surface area (Å²) < 4.78 is 38.9. The summed E-state index contributed by atoms with van der Waals surface area (Å²) in [5, 5.41) is 11.4. The minimum Gasteiger partial charge on any atom is -0.507 e. The van der Waals surface area contributed by atoms with Gasteiger partial charge in [-0.3, -0.25) is 14.5 Å². The quantitative estimate of drug-likeness (QED) is 0.268. The molecule has 0 bridgehead atoms. The number of benzene rings is 2. The molecular weight excluding hydrogens is 602 g/mol. The lowest BCUT2D eigenvalue weighted by atomic mass is 9.95. The zero-order valence-electron chi connectivity index (χ0n) is 22.0. The molecule has 2 aromatic carbocycles. The Bertz CT molecular complexity index is 1370. The van der Waals surface area contributed by atoms with Crippen LogP contribution in [0.15, 0.2) is 63.5 Å². The van der Waals surface area contributed by atoms with Gasteiger partial charge in [-0.25, -0.2) is 8.42 Å². The van der Waals surface area contributed by atoms with E-state index in [4.69, 9.17) is 9.47 Å². The molecule has 3 saturated heterocycles. The standard InChI is InChI=1S/C28H32BrN3O7S/c29-22-6-2-20(3-7-22)25-24(27(34)28(35)32(25)11-1-10-30-12-16-38-17-13-30)26(33)21-4-8-23(9-5-21)40(36,37)31-14-18-39-19-15-31/h2-9,25,33H,1,10-19H2/t25-/m0/s1. The van der Waals surface area contributed by atoms with Gasteiger partial charge < -0.3 is 19.5 Å². The largest absolute Gasteiger partial charge is 0.507 e. The maximum atomic E-state index is 13.3. The number of halogens is 1. The summed E-state index contributed by atoms with van der Waals surface area (Å²) in [5.74, 6) is -1.76. The van der Waals surface area contributed by atoms with Crippen LogP contribution >= 0.6 is 15.9 Å². The van der Waals surface area contributed by atoms with Crippen LogP contribution in [-0.4, -0.2) is 105 Å². The highest BCUT2D eigenvalue weighted by Gasteiger charge is 2.45. The summed E-state index contributed by atoms with van der Waals surface area (Å²) in [6.45, 7) is 5.32. The van der Waals surface area contributed by atoms with E-state index < -0.39 is 27.8 Å². The molecule has 3 heterocycles. The molecule has 10 nitrogen and oxygen atoms in total. The number of aliphatic hydroxyl groups is 1. The van der Waals surface area contributed by atoms with Crippen molar-refractivity contribution in [1.29, 1.82) is 0 Å². The van der Waals surface area contributed by atoms with E-state index in [0.29, 0.717) is 45.0 Å². The van der Waals surface area contributed by atoms with Crippen LogP contribution in [0.1, 0.15) is 23.6 Å². The molecule has 0 spiro atoms. The fraction of sp³-hybridized carbons (Fsp3) is 0.429. The molecule has 3 aliphatic heterocycles. The minimum absolute atomic E-state index is 0.0116. The third-order valence-electron chi connectivity index (χ3n) is 7.44. The number of aliphatic hydroxyl groups excluding tert-OH is 1. The number of amides is 1. The van der Waals surface area contributed by atoms with E-state index in [1.54, 1.807) is 0 Å². The number of carbonyl (C=O) groups is 2. The van der Waals surface area contributed by atoms with Crippen molar-refractivity contribution in [2.24, 2.45) is 0 Å². The number of likely N-dealkylation sites (tertiary alicyclic amines) is 1. The van der Waals surface area contributed by atoms with Gasteiger partial charge in [0.25, 0.3) is 11.7 Å². The van der Waals surface area contributed by atoms with E-state index in [9.17, 15) is 23.1 Å². The van der Waals surface area contributed by atoms with Crippen LogP contribution in [0.25, 0.3) is 5.76 Å². The Morgan fingerprint density at radius 2 is 1.48 bits per heavy atom. The normalized spacial score (nSPS) is 22.6. The zero-order valence-corrected chi connectivity index (χ0v) is 24.4. The van der Waals surface area contributed by atoms with Gasteiger partial charge in [-0.1, -0.05) is 28.1 Å². The van der Waals surface area contributed by atoms with Crippen LogP contribution in [-0.2, 0) is 29.1 Å². The van der Waals surface area contributed by atoms with Crippen molar-refractivity contribution >= 4 is 43.4 Å². The highest BCUT2D eigenvalue weighted by molar-refractivity contribution is 9.10. The third-order valence-corrected chi connectivity index (χ3v) is 9.88. The molecule has 5 rings (SSSR count). The van der Waals surface area contributed by atoms with Crippen molar-refractivity contribution in [2.75, 3.05) is 65.7 Å². The summed E-state index contributed by atoms with van der Waals surface area (Å²) >= 11 is 3.43. The number of rotatable bonds is 8. The SMILES string of the molecule is O=C1C(=O)N(CCCN2CCOCC2)[C@@H](c2ccc(Br)cc2)C1=C(O)c1ccc(S(=O)(=O)N2CCOCC2)cc1. The molecule has 1 amide bonds. The number of ether oxygens (including phenoxy) is 2. The summed E-state index contributed by atoms with van der Waals surface area (Å²) in [5.41, 5.74) is 0.943. The van der Waals surface area contributed by atoms with Crippen molar-refractivity contribution in [3.8, 4) is 0 Å². The molecule has 1 N–H and O–H groups in total. The number of ketones is 1. The summed E-state index contributed by atoms with van der Waals surface area (Å²) in [7, 11) is -3.72. The lowest BCUT2D eigenvalue weighted by Crippen LogP contribution is -2.40. The summed E-state index contributed by atoms with van der Waals surface area (Å²) in [6, 6.07) is 12.3. The van der Waals surface area contributed by atoms with Gasteiger partial charge in [0.05, 0.1) is 42.9 Å². The summed E-state index contributed by atoms with van der Waals surface area (Å²) in [6.07, 6.45) is 0.661. The van der Waals surface area contributed by atoms with Crippen molar-refractivity contribution in [3.05, 3.63) is 69.7 Å². The molecule has 0 unspecified atom stereocenters. The van der Waals surface area contributed by atoms with E-state index in [2.05, 4.69) is 20.8 Å². The third kappa shape index (κ3) is 6.02. The van der Waals surface area contributed by atoms with Gasteiger partial charge >= 0.3 is 0 Å². The number of hydrogen-bond acceptors (Lipinski definition) is 8. The Morgan fingerprint density at radius 1 is 0.875 bits per heavy atom. The smallest absolute Gasteiger partial charge is 0.295 e. The average Bonchev–Trinajstić information content (AvgIpc) is 3.23. The summed E-state index contributed by atoms with van der Waals surface area (Å²) in [4.78, 5) is 30.4. The second kappa shape index (κ2) is 12.5. The van der Waals surface area contributed by atoms with Crippen LogP contribution in [0.4, 0.5) is 0 Å². The average molecular weight is 635 g/mol. The van der Waals surface area contributed by atoms with Gasteiger partial charge in [-0.15, -0.1) is 0 Å². The van der Waals surface area contributed by atoms with Crippen molar-refractivity contribution in [1.82, 2.24) is 14.1 Å². The van der Waals surface area contributed by atoms with E-state index in [1.165, 1.54) is 33.5 Å². The van der Waals surface area contributed by atoms with Crippen LogP contribution in [0.2, 0.25) is 0 Å². The van der Waals surface area contributed by atoms with Gasteiger partial charge in [0.15, 0.2) is 0 Å². The van der Waals surface area contributed by atoms with Crippen LogP contribution < -0.4 is 0 Å². The highest BCUT2D eigenvalue weighted by atomic mass is 79.9. The second-order valence-electron chi connectivity index (χ2n) is 9.89. The van der Waals surface area contributed by atoms with Crippen LogP contribution in [0, 0.1) is 0 Å². The number of morpholine rings is 2. The van der Waals surface area contributed by atoms with Gasteiger partial charge in [0.1, 0.15) is 5.76 Å².